The van der Waals surface area contributed by atoms with E-state index >= 15 is 0 Å². The van der Waals surface area contributed by atoms with E-state index in [1.807, 2.05) is 0 Å². The number of terminal acetylenes is 1. The van der Waals surface area contributed by atoms with Crippen molar-refractivity contribution >= 4 is 15.7 Å². The molecule has 18 heavy (non-hydrogen) atoms. The molecule has 0 spiro atoms. The van der Waals surface area contributed by atoms with Gasteiger partial charge in [0.25, 0.3) is 0 Å². The minimum Gasteiger partial charge on any atom is -0.326 e. The van der Waals surface area contributed by atoms with E-state index < -0.39 is 9.84 Å². The van der Waals surface area contributed by atoms with Crippen molar-refractivity contribution in [2.75, 3.05) is 24.6 Å². The van der Waals surface area contributed by atoms with Crippen LogP contribution in [0.2, 0.25) is 0 Å². The van der Waals surface area contributed by atoms with Crippen LogP contribution in [0, 0.1) is 12.3 Å². The van der Waals surface area contributed by atoms with Crippen LogP contribution in [0.4, 0.5) is 0 Å². The SMILES string of the molecule is C#CCN(C(=O)C1CCCN1)C1CCS(=O)(=O)C1. The maximum atomic E-state index is 12.3. The topological polar surface area (TPSA) is 66.5 Å². The van der Waals surface area contributed by atoms with Crippen molar-refractivity contribution in [3.8, 4) is 12.3 Å². The van der Waals surface area contributed by atoms with Gasteiger partial charge in [0.1, 0.15) is 0 Å². The minimum atomic E-state index is -3.00. The first-order valence-electron chi connectivity index (χ1n) is 6.21. The van der Waals surface area contributed by atoms with Crippen LogP contribution >= 0.6 is 0 Å². The number of nitrogens with zero attached hydrogens (tertiary/aromatic N) is 1. The molecule has 0 bridgehead atoms. The second-order valence-corrected chi connectivity index (χ2v) is 7.10. The fraction of sp³-hybridized carbons (Fsp3) is 0.750. The molecule has 2 heterocycles. The van der Waals surface area contributed by atoms with Gasteiger partial charge < -0.3 is 10.2 Å². The molecule has 0 aromatic heterocycles. The number of carbonyl (C=O) groups excluding carboxylic acids is 1. The molecule has 2 atom stereocenters. The van der Waals surface area contributed by atoms with Gasteiger partial charge in [-0.15, -0.1) is 6.42 Å². The molecule has 2 aliphatic heterocycles. The van der Waals surface area contributed by atoms with Gasteiger partial charge in [-0.25, -0.2) is 8.42 Å². The smallest absolute Gasteiger partial charge is 0.240 e. The molecule has 100 valence electrons. The molecule has 1 amide bonds. The molecule has 2 fully saturated rings. The van der Waals surface area contributed by atoms with Crippen LogP contribution in [0.25, 0.3) is 0 Å². The van der Waals surface area contributed by atoms with Gasteiger partial charge in [-0.1, -0.05) is 5.92 Å². The monoisotopic (exact) mass is 270 g/mol. The van der Waals surface area contributed by atoms with E-state index in [4.69, 9.17) is 6.42 Å². The highest BCUT2D eigenvalue weighted by Crippen LogP contribution is 2.20. The van der Waals surface area contributed by atoms with Crippen molar-refractivity contribution in [1.82, 2.24) is 10.2 Å². The van der Waals surface area contributed by atoms with E-state index in [0.29, 0.717) is 6.42 Å². The standard InChI is InChI=1S/C12H18N2O3S/c1-2-7-14(10-5-8-18(16,17)9-10)12(15)11-4-3-6-13-11/h1,10-11,13H,3-9H2. The van der Waals surface area contributed by atoms with Crippen LogP contribution in [0.5, 0.6) is 0 Å². The van der Waals surface area contributed by atoms with E-state index in [-0.39, 0.29) is 36.0 Å². The zero-order chi connectivity index (χ0) is 13.2. The van der Waals surface area contributed by atoms with Crippen molar-refractivity contribution in [2.24, 2.45) is 0 Å². The summed E-state index contributed by atoms with van der Waals surface area (Å²) >= 11 is 0. The molecule has 0 aliphatic carbocycles. The van der Waals surface area contributed by atoms with Crippen LogP contribution in [0.3, 0.4) is 0 Å². The summed E-state index contributed by atoms with van der Waals surface area (Å²) in [5.74, 6) is 2.62. The summed E-state index contributed by atoms with van der Waals surface area (Å²) in [5.41, 5.74) is 0. The van der Waals surface area contributed by atoms with Gasteiger partial charge in [-0.05, 0) is 25.8 Å². The summed E-state index contributed by atoms with van der Waals surface area (Å²) < 4.78 is 23.0. The van der Waals surface area contributed by atoms with Crippen LogP contribution in [-0.4, -0.2) is 55.9 Å². The first kappa shape index (κ1) is 13.4. The molecule has 1 N–H and O–H groups in total. The average Bonchev–Trinajstić information content (AvgIpc) is 2.94. The molecule has 5 nitrogen and oxygen atoms in total. The molecule has 2 unspecified atom stereocenters. The van der Waals surface area contributed by atoms with Crippen LogP contribution in [-0.2, 0) is 14.6 Å². The summed E-state index contributed by atoms with van der Waals surface area (Å²) in [7, 11) is -3.00. The Morgan fingerprint density at radius 2 is 2.22 bits per heavy atom. The second-order valence-electron chi connectivity index (χ2n) is 4.88. The number of sulfone groups is 1. The third-order valence-electron chi connectivity index (χ3n) is 3.55. The molecule has 2 aliphatic rings. The zero-order valence-electron chi connectivity index (χ0n) is 10.3. The highest BCUT2D eigenvalue weighted by atomic mass is 32.2. The van der Waals surface area contributed by atoms with Crippen molar-refractivity contribution in [3.05, 3.63) is 0 Å². The lowest BCUT2D eigenvalue weighted by Gasteiger charge is -2.28. The third-order valence-corrected chi connectivity index (χ3v) is 5.30. The van der Waals surface area contributed by atoms with Gasteiger partial charge in [0.2, 0.25) is 5.91 Å². The van der Waals surface area contributed by atoms with Crippen molar-refractivity contribution in [3.63, 3.8) is 0 Å². The molecule has 0 aromatic carbocycles. The molecule has 2 saturated heterocycles. The number of nitrogens with one attached hydrogen (secondary N) is 1. The Hall–Kier alpha value is -1.06. The Bertz CT molecular complexity index is 460. The van der Waals surface area contributed by atoms with E-state index in [0.717, 1.165) is 19.4 Å². The van der Waals surface area contributed by atoms with E-state index in [2.05, 4.69) is 11.2 Å². The lowest BCUT2D eigenvalue weighted by Crippen LogP contribution is -2.49. The van der Waals surface area contributed by atoms with Gasteiger partial charge in [-0.2, -0.15) is 0 Å². The Balaban J connectivity index is 2.08. The molecular formula is C12H18N2O3S. The van der Waals surface area contributed by atoms with Gasteiger partial charge >= 0.3 is 0 Å². The Labute approximate surface area is 108 Å². The summed E-state index contributed by atoms with van der Waals surface area (Å²) in [5, 5.41) is 3.13. The van der Waals surface area contributed by atoms with Gasteiger partial charge in [0, 0.05) is 6.04 Å². The largest absolute Gasteiger partial charge is 0.326 e. The van der Waals surface area contributed by atoms with E-state index in [1.54, 1.807) is 4.90 Å². The number of hydrogen-bond donors (Lipinski definition) is 1. The van der Waals surface area contributed by atoms with Gasteiger partial charge in [0.05, 0.1) is 24.1 Å². The number of hydrogen-bond acceptors (Lipinski definition) is 4. The van der Waals surface area contributed by atoms with Crippen LogP contribution < -0.4 is 5.32 Å². The van der Waals surface area contributed by atoms with Gasteiger partial charge in [-0.3, -0.25) is 4.79 Å². The van der Waals surface area contributed by atoms with Gasteiger partial charge in [0.15, 0.2) is 9.84 Å². The lowest BCUT2D eigenvalue weighted by atomic mass is 10.1. The summed E-state index contributed by atoms with van der Waals surface area (Å²) in [6.07, 6.45) is 7.57. The molecule has 2 rings (SSSR count). The van der Waals surface area contributed by atoms with E-state index in [1.165, 1.54) is 0 Å². The second kappa shape index (κ2) is 5.29. The third kappa shape index (κ3) is 2.85. The van der Waals surface area contributed by atoms with E-state index in [9.17, 15) is 13.2 Å². The minimum absolute atomic E-state index is 0.0486. The summed E-state index contributed by atoms with van der Waals surface area (Å²) in [6.45, 7) is 1.03. The highest BCUT2D eigenvalue weighted by molar-refractivity contribution is 7.91. The Kier molecular flexibility index (Phi) is 3.93. The maximum Gasteiger partial charge on any atom is 0.240 e. The summed E-state index contributed by atoms with van der Waals surface area (Å²) in [4.78, 5) is 13.9. The molecule has 0 saturated carbocycles. The van der Waals surface area contributed by atoms with Crippen molar-refractivity contribution in [2.45, 2.75) is 31.3 Å². The number of rotatable bonds is 3. The quantitative estimate of drug-likeness (QED) is 0.695. The van der Waals surface area contributed by atoms with Crippen LogP contribution in [0.1, 0.15) is 19.3 Å². The predicted octanol–water partition coefficient (Wildman–Crippen LogP) is -0.613. The average molecular weight is 270 g/mol. The lowest BCUT2D eigenvalue weighted by molar-refractivity contribution is -0.134. The van der Waals surface area contributed by atoms with Crippen LogP contribution in [0.15, 0.2) is 0 Å². The zero-order valence-corrected chi connectivity index (χ0v) is 11.1. The predicted molar refractivity (Wildman–Crippen MR) is 68.6 cm³/mol. The number of amides is 1. The maximum absolute atomic E-state index is 12.3. The van der Waals surface area contributed by atoms with Crippen molar-refractivity contribution in [1.29, 1.82) is 0 Å². The fourth-order valence-electron chi connectivity index (χ4n) is 2.60. The number of carbonyl (C=O) groups is 1. The highest BCUT2D eigenvalue weighted by Gasteiger charge is 2.37. The Morgan fingerprint density at radius 1 is 1.44 bits per heavy atom. The molecular weight excluding hydrogens is 252 g/mol. The Morgan fingerprint density at radius 3 is 2.72 bits per heavy atom. The molecule has 6 heteroatoms. The first-order valence-corrected chi connectivity index (χ1v) is 8.03. The first-order chi connectivity index (χ1) is 8.53. The fourth-order valence-corrected chi connectivity index (χ4v) is 4.33. The normalized spacial score (nSPS) is 29.9. The molecule has 0 aromatic rings. The summed E-state index contributed by atoms with van der Waals surface area (Å²) in [6, 6.07) is -0.442. The van der Waals surface area contributed by atoms with Crippen molar-refractivity contribution < 1.29 is 13.2 Å². The molecule has 0 radical (unpaired) electrons.